The minimum absolute atomic E-state index is 0.423. The molecule has 1 unspecified atom stereocenters. The highest BCUT2D eigenvalue weighted by atomic mass is 14.3. The molecule has 0 N–H and O–H groups in total. The maximum absolute atomic E-state index is 3.85. The number of rotatable bonds is 6. The van der Waals surface area contributed by atoms with E-state index in [1.807, 2.05) is 0 Å². The smallest absolute Gasteiger partial charge is 0.0289 e. The van der Waals surface area contributed by atoms with Gasteiger partial charge in [-0.1, -0.05) is 47.1 Å². The average Bonchev–Trinajstić information content (AvgIpc) is 1.99. The monoisotopic (exact) mass is 182 g/mol. The molecule has 13 heavy (non-hydrogen) atoms. The Kier molecular flexibility index (Phi) is 5.36. The van der Waals surface area contributed by atoms with Crippen LogP contribution in [0.5, 0.6) is 0 Å². The highest BCUT2D eigenvalue weighted by Gasteiger charge is 2.29. The molecule has 0 bridgehead atoms. The van der Waals surface area contributed by atoms with E-state index in [9.17, 15) is 0 Å². The molecule has 0 rings (SSSR count). The Hall–Kier alpha value is -0.260. The van der Waals surface area contributed by atoms with E-state index >= 15 is 0 Å². The standard InChI is InChI=1S/C13H26/c1-7-9-12(11(3)4)13(5,6)10-8-2/h8,11-12H,2,7,9-10H2,1,3-6H3. The second-order valence-electron chi connectivity index (χ2n) is 5.12. The fourth-order valence-corrected chi connectivity index (χ4v) is 2.46. The molecule has 0 aliphatic heterocycles. The van der Waals surface area contributed by atoms with Gasteiger partial charge in [0.05, 0.1) is 0 Å². The molecule has 0 aliphatic carbocycles. The van der Waals surface area contributed by atoms with Gasteiger partial charge in [-0.15, -0.1) is 6.58 Å². The molecule has 0 heteroatoms. The van der Waals surface area contributed by atoms with Crippen molar-refractivity contribution in [1.82, 2.24) is 0 Å². The minimum Gasteiger partial charge on any atom is -0.103 e. The number of hydrogen-bond acceptors (Lipinski definition) is 0. The van der Waals surface area contributed by atoms with Gasteiger partial charge in [-0.2, -0.15) is 0 Å². The Morgan fingerprint density at radius 3 is 2.15 bits per heavy atom. The Morgan fingerprint density at radius 2 is 1.85 bits per heavy atom. The van der Waals surface area contributed by atoms with Gasteiger partial charge in [-0.25, -0.2) is 0 Å². The largest absolute Gasteiger partial charge is 0.103 e. The first kappa shape index (κ1) is 12.7. The summed E-state index contributed by atoms with van der Waals surface area (Å²) in [6.45, 7) is 15.5. The molecule has 1 atom stereocenters. The van der Waals surface area contributed by atoms with Crippen molar-refractivity contribution in [2.45, 2.75) is 53.9 Å². The van der Waals surface area contributed by atoms with Gasteiger partial charge in [-0.05, 0) is 30.1 Å². The lowest BCUT2D eigenvalue weighted by atomic mass is 9.69. The first-order valence-corrected chi connectivity index (χ1v) is 5.56. The molecule has 0 aliphatic rings. The second kappa shape index (κ2) is 5.47. The van der Waals surface area contributed by atoms with Gasteiger partial charge < -0.3 is 0 Å². The molecule has 0 radical (unpaired) electrons. The molecule has 0 heterocycles. The molecule has 0 aromatic carbocycles. The first-order valence-electron chi connectivity index (χ1n) is 5.56. The third-order valence-electron chi connectivity index (χ3n) is 3.08. The lowest BCUT2D eigenvalue weighted by Crippen LogP contribution is -2.27. The Balaban J connectivity index is 4.40. The van der Waals surface area contributed by atoms with Crippen LogP contribution >= 0.6 is 0 Å². The summed E-state index contributed by atoms with van der Waals surface area (Å²) in [4.78, 5) is 0. The summed E-state index contributed by atoms with van der Waals surface area (Å²) in [5.74, 6) is 1.62. The fourth-order valence-electron chi connectivity index (χ4n) is 2.46. The summed E-state index contributed by atoms with van der Waals surface area (Å²) in [5.41, 5.74) is 0.423. The molecule has 0 saturated heterocycles. The predicted octanol–water partition coefficient (Wildman–Crippen LogP) is 4.66. The van der Waals surface area contributed by atoms with Crippen LogP contribution in [0.1, 0.15) is 53.9 Å². The number of hydrogen-bond donors (Lipinski definition) is 0. The molecule has 0 fully saturated rings. The molecule has 0 amide bonds. The van der Waals surface area contributed by atoms with E-state index in [4.69, 9.17) is 0 Å². The van der Waals surface area contributed by atoms with Crippen LogP contribution in [-0.2, 0) is 0 Å². The Bertz CT molecular complexity index is 142. The normalized spacial score (nSPS) is 14.6. The zero-order valence-electron chi connectivity index (χ0n) is 10.1. The van der Waals surface area contributed by atoms with Crippen LogP contribution in [0.2, 0.25) is 0 Å². The van der Waals surface area contributed by atoms with Crippen LogP contribution in [-0.4, -0.2) is 0 Å². The number of allylic oxidation sites excluding steroid dienone is 1. The van der Waals surface area contributed by atoms with Crippen LogP contribution in [0, 0.1) is 17.3 Å². The summed E-state index contributed by atoms with van der Waals surface area (Å²) < 4.78 is 0. The van der Waals surface area contributed by atoms with Crippen LogP contribution in [0.4, 0.5) is 0 Å². The Morgan fingerprint density at radius 1 is 1.31 bits per heavy atom. The molecule has 0 aromatic rings. The third-order valence-corrected chi connectivity index (χ3v) is 3.08. The quantitative estimate of drug-likeness (QED) is 0.524. The molecule has 0 aromatic heterocycles. The highest BCUT2D eigenvalue weighted by Crippen LogP contribution is 2.38. The van der Waals surface area contributed by atoms with E-state index in [-0.39, 0.29) is 0 Å². The fraction of sp³-hybridized carbons (Fsp3) is 0.846. The van der Waals surface area contributed by atoms with Gasteiger partial charge >= 0.3 is 0 Å². The minimum atomic E-state index is 0.423. The zero-order valence-corrected chi connectivity index (χ0v) is 10.1. The molecule has 0 spiro atoms. The van der Waals surface area contributed by atoms with Crippen LogP contribution in [0.3, 0.4) is 0 Å². The van der Waals surface area contributed by atoms with Crippen LogP contribution in [0.15, 0.2) is 12.7 Å². The lowest BCUT2D eigenvalue weighted by molar-refractivity contribution is 0.146. The summed E-state index contributed by atoms with van der Waals surface area (Å²) in [6.07, 6.45) is 5.84. The van der Waals surface area contributed by atoms with Crippen molar-refractivity contribution in [3.05, 3.63) is 12.7 Å². The van der Waals surface area contributed by atoms with E-state index in [0.29, 0.717) is 5.41 Å². The zero-order chi connectivity index (χ0) is 10.5. The predicted molar refractivity (Wildman–Crippen MR) is 61.8 cm³/mol. The van der Waals surface area contributed by atoms with Crippen molar-refractivity contribution in [2.75, 3.05) is 0 Å². The van der Waals surface area contributed by atoms with E-state index in [1.165, 1.54) is 12.8 Å². The topological polar surface area (TPSA) is 0 Å². The van der Waals surface area contributed by atoms with E-state index < -0.39 is 0 Å². The summed E-state index contributed by atoms with van der Waals surface area (Å²) in [5, 5.41) is 0. The summed E-state index contributed by atoms with van der Waals surface area (Å²) in [6, 6.07) is 0. The van der Waals surface area contributed by atoms with Gasteiger partial charge in [0.25, 0.3) is 0 Å². The Labute approximate surface area is 84.4 Å². The molecule has 0 nitrogen and oxygen atoms in total. The van der Waals surface area contributed by atoms with Crippen molar-refractivity contribution >= 4 is 0 Å². The van der Waals surface area contributed by atoms with Crippen molar-refractivity contribution in [2.24, 2.45) is 17.3 Å². The molecular weight excluding hydrogens is 156 g/mol. The first-order chi connectivity index (χ1) is 5.95. The molecular formula is C13H26. The summed E-state index contributed by atoms with van der Waals surface area (Å²) in [7, 11) is 0. The lowest BCUT2D eigenvalue weighted by Gasteiger charge is -2.36. The van der Waals surface area contributed by atoms with Gasteiger partial charge in [-0.3, -0.25) is 0 Å². The maximum atomic E-state index is 3.85. The van der Waals surface area contributed by atoms with Crippen molar-refractivity contribution in [3.63, 3.8) is 0 Å². The van der Waals surface area contributed by atoms with Crippen molar-refractivity contribution < 1.29 is 0 Å². The van der Waals surface area contributed by atoms with E-state index in [1.54, 1.807) is 0 Å². The van der Waals surface area contributed by atoms with E-state index in [2.05, 4.69) is 47.3 Å². The summed E-state index contributed by atoms with van der Waals surface area (Å²) >= 11 is 0. The third kappa shape index (κ3) is 3.97. The van der Waals surface area contributed by atoms with Gasteiger partial charge in [0.1, 0.15) is 0 Å². The highest BCUT2D eigenvalue weighted by molar-refractivity contribution is 4.86. The van der Waals surface area contributed by atoms with Crippen LogP contribution < -0.4 is 0 Å². The molecule has 0 saturated carbocycles. The van der Waals surface area contributed by atoms with Crippen LogP contribution in [0.25, 0.3) is 0 Å². The second-order valence-corrected chi connectivity index (χ2v) is 5.12. The molecule has 78 valence electrons. The SMILES string of the molecule is C=CCC(C)(C)C(CCC)C(C)C. The van der Waals surface area contributed by atoms with Gasteiger partial charge in [0.15, 0.2) is 0 Å². The van der Waals surface area contributed by atoms with Gasteiger partial charge in [0, 0.05) is 0 Å². The van der Waals surface area contributed by atoms with E-state index in [0.717, 1.165) is 18.3 Å². The average molecular weight is 182 g/mol. The van der Waals surface area contributed by atoms with Gasteiger partial charge in [0.2, 0.25) is 0 Å². The maximum Gasteiger partial charge on any atom is -0.0289 e. The van der Waals surface area contributed by atoms with Crippen molar-refractivity contribution in [1.29, 1.82) is 0 Å². The van der Waals surface area contributed by atoms with Crippen molar-refractivity contribution in [3.8, 4) is 0 Å².